The molecule has 2 saturated carbocycles. The second-order valence-corrected chi connectivity index (χ2v) is 7.15. The van der Waals surface area contributed by atoms with Gasteiger partial charge in [-0.15, -0.1) is 12.8 Å². The van der Waals surface area contributed by atoms with Gasteiger partial charge in [0, 0.05) is 0 Å². The molecule has 2 fully saturated rings. The van der Waals surface area contributed by atoms with E-state index in [-0.39, 0.29) is 35.6 Å². The third-order valence-electron chi connectivity index (χ3n) is 5.53. The zero-order valence-electron chi connectivity index (χ0n) is 15.2. The van der Waals surface area contributed by atoms with Crippen LogP contribution in [0.1, 0.15) is 77.0 Å². The molecule has 0 aliphatic heterocycles. The van der Waals surface area contributed by atoms with Crippen LogP contribution in [0, 0.1) is 24.0 Å². The maximum atomic E-state index is 3.43. The smallest absolute Gasteiger partial charge is 1.00 e. The summed E-state index contributed by atoms with van der Waals surface area (Å²) in [7, 11) is 0. The number of hydrogen-bond acceptors (Lipinski definition) is 0. The van der Waals surface area contributed by atoms with E-state index in [0.29, 0.717) is 0 Å². The van der Waals surface area contributed by atoms with Crippen molar-refractivity contribution in [3.63, 3.8) is 0 Å². The largest absolute Gasteiger partial charge is 4.00 e. The van der Waals surface area contributed by atoms with Gasteiger partial charge in [0.05, 0.1) is 0 Å². The van der Waals surface area contributed by atoms with E-state index in [2.05, 4.69) is 36.5 Å². The molecular weight excluding hydrogens is 393 g/mol. The van der Waals surface area contributed by atoms with Crippen molar-refractivity contribution in [1.29, 1.82) is 0 Å². The topological polar surface area (TPSA) is 0 Å². The van der Waals surface area contributed by atoms with Gasteiger partial charge in [-0.3, -0.25) is 12.2 Å². The monoisotopic (exact) mass is 422 g/mol. The molecule has 0 aromatic heterocycles. The summed E-state index contributed by atoms with van der Waals surface area (Å²) in [6.45, 7) is 0. The summed E-state index contributed by atoms with van der Waals surface area (Å²) in [5.74, 6) is 1.73. The predicted octanol–water partition coefficient (Wildman–Crippen LogP) is 0.518. The first-order valence-corrected chi connectivity index (χ1v) is 9.48. The molecule has 3 heteroatoms. The van der Waals surface area contributed by atoms with Gasteiger partial charge in [-0.05, 0) is 37.5 Å². The normalized spacial score (nSPS) is 22.6. The molecule has 0 atom stereocenters. The Kier molecular flexibility index (Phi) is 13.7. The van der Waals surface area contributed by atoms with Crippen molar-refractivity contribution in [3.05, 3.63) is 47.6 Å². The zero-order valence-corrected chi connectivity index (χ0v) is 17.7. The van der Waals surface area contributed by atoms with E-state index in [1.54, 1.807) is 0 Å². The third-order valence-corrected chi connectivity index (χ3v) is 5.53. The molecule has 0 bridgehead atoms. The minimum atomic E-state index is 0. The summed E-state index contributed by atoms with van der Waals surface area (Å²) in [4.78, 5) is 0. The van der Waals surface area contributed by atoms with Crippen molar-refractivity contribution in [3.8, 4) is 0 Å². The summed E-state index contributed by atoms with van der Waals surface area (Å²) >= 11 is 0. The number of allylic oxidation sites excluding steroid dienone is 8. The molecule has 0 radical (unpaired) electrons. The standard InChI is InChI=1S/2C11H15.2FH.Zr/c2*1-2-6-10(7-3-1)11-8-4-5-9-11;;;/h2*4,8,10H,1-3,5-7H2;2*1H;/q2*-1;;;+4/p-2. The van der Waals surface area contributed by atoms with Crippen molar-refractivity contribution in [2.45, 2.75) is 77.0 Å². The van der Waals surface area contributed by atoms with Crippen LogP contribution in [0.3, 0.4) is 0 Å². The van der Waals surface area contributed by atoms with Gasteiger partial charge in [0.2, 0.25) is 0 Å². The van der Waals surface area contributed by atoms with E-state index in [1.165, 1.54) is 75.4 Å². The number of rotatable bonds is 2. The molecule has 0 nitrogen and oxygen atoms in total. The maximum Gasteiger partial charge on any atom is 4.00 e. The molecule has 4 aliphatic rings. The molecule has 4 aliphatic carbocycles. The van der Waals surface area contributed by atoms with Crippen molar-refractivity contribution in [2.24, 2.45) is 11.8 Å². The zero-order chi connectivity index (χ0) is 15.0. The van der Waals surface area contributed by atoms with Crippen LogP contribution in [0.5, 0.6) is 0 Å². The van der Waals surface area contributed by atoms with Gasteiger partial charge in [-0.25, -0.2) is 23.3 Å². The van der Waals surface area contributed by atoms with E-state index in [0.717, 1.165) is 24.7 Å². The SMILES string of the molecule is [C-]1=C(C2CCCCC2)C=CC1.[C-]1=C(C2CCCCC2)C=CC1.[F-].[F-].[Zr+4]. The molecule has 4 rings (SSSR count). The Morgan fingerprint density at radius 1 is 0.600 bits per heavy atom. The van der Waals surface area contributed by atoms with Crippen molar-refractivity contribution < 1.29 is 35.6 Å². The fraction of sp³-hybridized carbons (Fsp3) is 0.636. The van der Waals surface area contributed by atoms with Gasteiger partial charge in [0.15, 0.2) is 0 Å². The van der Waals surface area contributed by atoms with E-state index in [4.69, 9.17) is 0 Å². The van der Waals surface area contributed by atoms with E-state index >= 15 is 0 Å². The summed E-state index contributed by atoms with van der Waals surface area (Å²) in [5.41, 5.74) is 3.01. The molecule has 25 heavy (non-hydrogen) atoms. The van der Waals surface area contributed by atoms with Gasteiger partial charge in [0.1, 0.15) is 0 Å². The first-order chi connectivity index (χ1) is 10.9. The third kappa shape index (κ3) is 7.85. The molecule has 0 amide bonds. The molecule has 136 valence electrons. The Morgan fingerprint density at radius 3 is 1.24 bits per heavy atom. The molecule has 0 spiro atoms. The average Bonchev–Trinajstić information content (AvgIpc) is 3.31. The minimum Gasteiger partial charge on any atom is -1.00 e. The molecule has 0 saturated heterocycles. The Hall–Kier alpha value is -0.297. The predicted molar refractivity (Wildman–Crippen MR) is 94.2 cm³/mol. The van der Waals surface area contributed by atoms with Gasteiger partial charge in [-0.2, -0.15) is 12.2 Å². The van der Waals surface area contributed by atoms with Gasteiger partial charge < -0.3 is 9.41 Å². The van der Waals surface area contributed by atoms with E-state index in [1.807, 2.05) is 0 Å². The van der Waals surface area contributed by atoms with Crippen LogP contribution in [-0.4, -0.2) is 0 Å². The van der Waals surface area contributed by atoms with Crippen LogP contribution in [0.15, 0.2) is 35.5 Å². The fourth-order valence-electron chi connectivity index (χ4n) is 4.23. The summed E-state index contributed by atoms with van der Waals surface area (Å²) < 4.78 is 0. The second kappa shape index (κ2) is 13.8. The van der Waals surface area contributed by atoms with Crippen LogP contribution in [0.2, 0.25) is 0 Å². The van der Waals surface area contributed by atoms with Gasteiger partial charge in [-0.1, -0.05) is 38.5 Å². The van der Waals surface area contributed by atoms with Crippen LogP contribution in [0.4, 0.5) is 0 Å². The molecule has 0 heterocycles. The average molecular weight is 424 g/mol. The van der Waals surface area contributed by atoms with Crippen LogP contribution >= 0.6 is 0 Å². The Balaban J connectivity index is 0.000000411. The van der Waals surface area contributed by atoms with E-state index < -0.39 is 0 Å². The Bertz CT molecular complexity index is 420. The fourth-order valence-corrected chi connectivity index (χ4v) is 4.23. The second-order valence-electron chi connectivity index (χ2n) is 7.15. The summed E-state index contributed by atoms with van der Waals surface area (Å²) in [6, 6.07) is 0. The van der Waals surface area contributed by atoms with Crippen LogP contribution < -0.4 is 9.41 Å². The van der Waals surface area contributed by atoms with Crippen LogP contribution in [0.25, 0.3) is 0 Å². The molecule has 0 N–H and O–H groups in total. The Labute approximate surface area is 171 Å². The van der Waals surface area contributed by atoms with Gasteiger partial charge >= 0.3 is 26.2 Å². The molecular formula is C22H30F2Zr. The van der Waals surface area contributed by atoms with Crippen molar-refractivity contribution in [1.82, 2.24) is 0 Å². The first-order valence-electron chi connectivity index (χ1n) is 9.48. The Morgan fingerprint density at radius 2 is 0.960 bits per heavy atom. The number of halogens is 2. The molecule has 0 unspecified atom stereocenters. The maximum absolute atomic E-state index is 3.43. The molecule has 0 aromatic rings. The minimum absolute atomic E-state index is 0. The summed E-state index contributed by atoms with van der Waals surface area (Å²) in [5, 5.41) is 0. The number of hydrogen-bond donors (Lipinski definition) is 0. The first kappa shape index (κ1) is 24.7. The van der Waals surface area contributed by atoms with Gasteiger partial charge in [0.25, 0.3) is 0 Å². The van der Waals surface area contributed by atoms with Crippen LogP contribution in [-0.2, 0) is 26.2 Å². The van der Waals surface area contributed by atoms with E-state index in [9.17, 15) is 0 Å². The summed E-state index contributed by atoms with van der Waals surface area (Å²) in [6.07, 6.45) is 32.3. The molecule has 0 aromatic carbocycles. The van der Waals surface area contributed by atoms with Crippen molar-refractivity contribution >= 4 is 0 Å². The van der Waals surface area contributed by atoms with Crippen molar-refractivity contribution in [2.75, 3.05) is 0 Å². The quantitative estimate of drug-likeness (QED) is 0.568.